The Kier molecular flexibility index (Phi) is 55.7. The fraction of sp³-hybridized carbons (Fsp3) is 0.940. The van der Waals surface area contributed by atoms with Crippen molar-refractivity contribution in [2.45, 2.75) is 343 Å². The SMILES string of the molecule is CCC(C)CCCCCCCCCCC(=O)O[C@H](COC(=O)CCCCCCCCCCC(C)C)COP(=O)(O)OCC(O)COP(=O)(O)OC[C@@H](COC(=O)CCCCCCCCCCC(C)C)OC(=O)CCCCCCCCCCCC(C)C. The Morgan fingerprint density at radius 3 is 0.826 bits per heavy atom. The Morgan fingerprint density at radius 1 is 0.326 bits per heavy atom. The highest BCUT2D eigenvalue weighted by Gasteiger charge is 2.30. The lowest BCUT2D eigenvalue weighted by atomic mass is 9.99. The molecular formula is C67H130O17P2. The van der Waals surface area contributed by atoms with Gasteiger partial charge < -0.3 is 33.8 Å². The molecule has 19 heteroatoms. The molecule has 0 saturated heterocycles. The van der Waals surface area contributed by atoms with Crippen LogP contribution < -0.4 is 0 Å². The predicted molar refractivity (Wildman–Crippen MR) is 344 cm³/mol. The van der Waals surface area contributed by atoms with Gasteiger partial charge in [-0.1, -0.05) is 274 Å². The first kappa shape index (κ1) is 84.1. The van der Waals surface area contributed by atoms with Crippen LogP contribution >= 0.6 is 15.6 Å². The maximum Gasteiger partial charge on any atom is 0.472 e. The number of rotatable bonds is 64. The summed E-state index contributed by atoms with van der Waals surface area (Å²) >= 11 is 0. The molecule has 0 rings (SSSR count). The Bertz CT molecular complexity index is 1720. The number of aliphatic hydroxyl groups excluding tert-OH is 1. The highest BCUT2D eigenvalue weighted by Crippen LogP contribution is 2.45. The number of aliphatic hydroxyl groups is 1. The minimum atomic E-state index is -4.95. The van der Waals surface area contributed by atoms with Gasteiger partial charge in [0.2, 0.25) is 0 Å². The van der Waals surface area contributed by atoms with Crippen LogP contribution in [-0.4, -0.2) is 96.7 Å². The normalized spacial score (nSPS) is 14.7. The summed E-state index contributed by atoms with van der Waals surface area (Å²) in [7, 11) is -9.90. The summed E-state index contributed by atoms with van der Waals surface area (Å²) in [5.74, 6) is 0.823. The first-order valence-corrected chi connectivity index (χ1v) is 37.7. The molecular weight excluding hydrogens is 1140 g/mol. The standard InChI is InChI=1S/C67H130O17P2/c1-9-60(8)46-38-30-22-15-18-26-34-42-50-67(72)84-63(54-78-65(70)48-40-32-24-17-14-21-29-37-45-59(6)7)56-82-86(75,76)80-52-61(68)51-79-85(73,74)81-55-62(53-77-64(69)47-39-31-23-16-13-20-28-36-44-58(4)5)83-66(71)49-41-33-25-12-10-11-19-27-35-43-57(2)3/h57-63,68H,9-56H2,1-8H3,(H,73,74)(H,75,76)/t60?,61?,62-,63-/m1/s1. The number of ether oxygens (including phenoxy) is 4. The second-order valence-electron chi connectivity index (χ2n) is 25.9. The zero-order valence-corrected chi connectivity index (χ0v) is 57.7. The first-order chi connectivity index (χ1) is 41.1. The summed E-state index contributed by atoms with van der Waals surface area (Å²) in [6.45, 7) is 14.0. The number of hydrogen-bond acceptors (Lipinski definition) is 15. The highest BCUT2D eigenvalue weighted by molar-refractivity contribution is 7.47. The first-order valence-electron chi connectivity index (χ1n) is 34.7. The van der Waals surface area contributed by atoms with Crippen molar-refractivity contribution in [1.29, 1.82) is 0 Å². The number of hydrogen-bond donors (Lipinski definition) is 3. The second kappa shape index (κ2) is 57.0. The van der Waals surface area contributed by atoms with Crippen LogP contribution in [0.15, 0.2) is 0 Å². The van der Waals surface area contributed by atoms with E-state index in [4.69, 9.17) is 37.0 Å². The molecule has 0 bridgehead atoms. The number of phosphoric ester groups is 2. The second-order valence-corrected chi connectivity index (χ2v) is 28.8. The molecule has 0 radical (unpaired) electrons. The van der Waals surface area contributed by atoms with Crippen molar-refractivity contribution >= 4 is 39.5 Å². The quantitative estimate of drug-likeness (QED) is 0.0222. The van der Waals surface area contributed by atoms with Crippen molar-refractivity contribution < 1.29 is 80.2 Å². The van der Waals surface area contributed by atoms with E-state index in [1.54, 1.807) is 0 Å². The Balaban J connectivity index is 5.27. The van der Waals surface area contributed by atoms with Crippen molar-refractivity contribution in [2.24, 2.45) is 23.7 Å². The summed E-state index contributed by atoms with van der Waals surface area (Å²) in [5.41, 5.74) is 0. The Labute approximate surface area is 524 Å². The van der Waals surface area contributed by atoms with Crippen molar-refractivity contribution in [3.8, 4) is 0 Å². The van der Waals surface area contributed by atoms with Crippen LogP contribution in [0.4, 0.5) is 0 Å². The topological polar surface area (TPSA) is 237 Å². The summed E-state index contributed by atoms with van der Waals surface area (Å²) in [5, 5.41) is 10.6. The average Bonchev–Trinajstić information content (AvgIpc) is 3.68. The van der Waals surface area contributed by atoms with Crippen LogP contribution in [-0.2, 0) is 65.4 Å². The molecule has 510 valence electrons. The van der Waals surface area contributed by atoms with Crippen LogP contribution in [0.2, 0.25) is 0 Å². The molecule has 0 aromatic rings. The molecule has 0 amide bonds. The van der Waals surface area contributed by atoms with E-state index in [1.807, 2.05) is 0 Å². The molecule has 0 aliphatic heterocycles. The van der Waals surface area contributed by atoms with E-state index in [-0.39, 0.29) is 25.7 Å². The molecule has 0 aromatic carbocycles. The highest BCUT2D eigenvalue weighted by atomic mass is 31.2. The van der Waals surface area contributed by atoms with E-state index < -0.39 is 97.5 Å². The van der Waals surface area contributed by atoms with Crippen molar-refractivity contribution in [3.05, 3.63) is 0 Å². The van der Waals surface area contributed by atoms with Gasteiger partial charge in [0.1, 0.15) is 19.3 Å². The van der Waals surface area contributed by atoms with Gasteiger partial charge in [0.05, 0.1) is 26.4 Å². The van der Waals surface area contributed by atoms with Gasteiger partial charge in [-0.2, -0.15) is 0 Å². The molecule has 0 aliphatic rings. The van der Waals surface area contributed by atoms with Crippen LogP contribution in [0.1, 0.15) is 325 Å². The van der Waals surface area contributed by atoms with Crippen molar-refractivity contribution in [1.82, 2.24) is 0 Å². The van der Waals surface area contributed by atoms with Gasteiger partial charge in [-0.3, -0.25) is 37.3 Å². The van der Waals surface area contributed by atoms with Gasteiger partial charge in [-0.25, -0.2) is 9.13 Å². The smallest absolute Gasteiger partial charge is 0.462 e. The molecule has 0 aromatic heterocycles. The van der Waals surface area contributed by atoms with Gasteiger partial charge in [0.15, 0.2) is 12.2 Å². The van der Waals surface area contributed by atoms with Gasteiger partial charge >= 0.3 is 39.5 Å². The fourth-order valence-corrected chi connectivity index (χ4v) is 11.5. The lowest BCUT2D eigenvalue weighted by Gasteiger charge is -2.21. The lowest BCUT2D eigenvalue weighted by molar-refractivity contribution is -0.161. The van der Waals surface area contributed by atoms with E-state index >= 15 is 0 Å². The summed E-state index contributed by atoms with van der Waals surface area (Å²) in [6.07, 6.45) is 37.6. The third kappa shape index (κ3) is 59.7. The number of phosphoric acid groups is 2. The molecule has 0 spiro atoms. The number of carbonyl (C=O) groups is 4. The molecule has 0 aliphatic carbocycles. The monoisotopic (exact) mass is 1270 g/mol. The minimum absolute atomic E-state index is 0.104. The van der Waals surface area contributed by atoms with Crippen LogP contribution in [0, 0.1) is 23.7 Å². The van der Waals surface area contributed by atoms with Gasteiger partial charge in [-0.05, 0) is 49.4 Å². The van der Waals surface area contributed by atoms with Crippen LogP contribution in [0.3, 0.4) is 0 Å². The summed E-state index contributed by atoms with van der Waals surface area (Å²) < 4.78 is 68.1. The van der Waals surface area contributed by atoms with Gasteiger partial charge in [-0.15, -0.1) is 0 Å². The molecule has 6 atom stereocenters. The molecule has 0 fully saturated rings. The fourth-order valence-electron chi connectivity index (χ4n) is 9.93. The number of unbranched alkanes of at least 4 members (excludes halogenated alkanes) is 29. The predicted octanol–water partition coefficient (Wildman–Crippen LogP) is 18.5. The third-order valence-electron chi connectivity index (χ3n) is 15.7. The molecule has 86 heavy (non-hydrogen) atoms. The molecule has 3 N–H and O–H groups in total. The van der Waals surface area contributed by atoms with Gasteiger partial charge in [0.25, 0.3) is 0 Å². The molecule has 17 nitrogen and oxygen atoms in total. The average molecular weight is 1270 g/mol. The summed E-state index contributed by atoms with van der Waals surface area (Å²) in [6, 6.07) is 0. The Morgan fingerprint density at radius 2 is 0.558 bits per heavy atom. The molecule has 4 unspecified atom stereocenters. The number of esters is 4. The van der Waals surface area contributed by atoms with E-state index in [0.717, 1.165) is 114 Å². The van der Waals surface area contributed by atoms with Crippen LogP contribution in [0.25, 0.3) is 0 Å². The zero-order valence-electron chi connectivity index (χ0n) is 55.9. The number of carbonyl (C=O) groups excluding carboxylic acids is 4. The lowest BCUT2D eigenvalue weighted by Crippen LogP contribution is -2.30. The minimum Gasteiger partial charge on any atom is -0.462 e. The van der Waals surface area contributed by atoms with Crippen LogP contribution in [0.5, 0.6) is 0 Å². The molecule has 0 heterocycles. The largest absolute Gasteiger partial charge is 0.472 e. The maximum atomic E-state index is 13.0. The Hall–Kier alpha value is -1.94. The van der Waals surface area contributed by atoms with Crippen molar-refractivity contribution in [3.63, 3.8) is 0 Å². The zero-order chi connectivity index (χ0) is 63.9. The molecule has 0 saturated carbocycles. The van der Waals surface area contributed by atoms with E-state index in [2.05, 4.69) is 55.4 Å². The van der Waals surface area contributed by atoms with E-state index in [9.17, 15) is 43.2 Å². The maximum absolute atomic E-state index is 13.0. The van der Waals surface area contributed by atoms with E-state index in [0.29, 0.717) is 25.7 Å². The van der Waals surface area contributed by atoms with Crippen molar-refractivity contribution in [2.75, 3.05) is 39.6 Å². The van der Waals surface area contributed by atoms with Gasteiger partial charge in [0, 0.05) is 25.7 Å². The summed E-state index contributed by atoms with van der Waals surface area (Å²) in [4.78, 5) is 72.4. The van der Waals surface area contributed by atoms with E-state index in [1.165, 1.54) is 128 Å². The third-order valence-corrected chi connectivity index (χ3v) is 17.6.